The normalized spacial score (nSPS) is 17.1. The summed E-state index contributed by atoms with van der Waals surface area (Å²) in [5.41, 5.74) is 2.79. The van der Waals surface area contributed by atoms with Crippen molar-refractivity contribution < 1.29 is 9.53 Å². The van der Waals surface area contributed by atoms with Crippen LogP contribution in [-0.2, 0) is 0 Å². The van der Waals surface area contributed by atoms with Crippen LogP contribution in [0.5, 0.6) is 5.75 Å². The molecule has 0 spiro atoms. The van der Waals surface area contributed by atoms with Gasteiger partial charge in [0.25, 0.3) is 0 Å². The summed E-state index contributed by atoms with van der Waals surface area (Å²) in [4.78, 5) is 19.7. The highest BCUT2D eigenvalue weighted by Crippen LogP contribution is 2.36. The van der Waals surface area contributed by atoms with Gasteiger partial charge in [0.05, 0.1) is 23.4 Å². The van der Waals surface area contributed by atoms with E-state index in [9.17, 15) is 4.79 Å². The van der Waals surface area contributed by atoms with Crippen LogP contribution in [0.25, 0.3) is 10.2 Å². The Morgan fingerprint density at radius 2 is 2.11 bits per heavy atom. The lowest BCUT2D eigenvalue weighted by molar-refractivity contribution is 0.163. The molecule has 2 heterocycles. The van der Waals surface area contributed by atoms with Crippen LogP contribution in [0, 0.1) is 6.92 Å². The first-order valence-corrected chi connectivity index (χ1v) is 10.0. The van der Waals surface area contributed by atoms with E-state index >= 15 is 0 Å². The number of thiazole rings is 1. The molecule has 2 aromatic carbocycles. The summed E-state index contributed by atoms with van der Waals surface area (Å²) < 4.78 is 6.47. The van der Waals surface area contributed by atoms with Crippen molar-refractivity contribution in [2.24, 2.45) is 0 Å². The second-order valence-electron chi connectivity index (χ2n) is 6.84. The minimum absolute atomic E-state index is 0.0375. The summed E-state index contributed by atoms with van der Waals surface area (Å²) in [6.07, 6.45) is 3.09. The Bertz CT molecular complexity index is 936. The van der Waals surface area contributed by atoms with E-state index in [1.54, 1.807) is 18.4 Å². The lowest BCUT2D eigenvalue weighted by atomic mass is 10.0. The van der Waals surface area contributed by atoms with E-state index in [1.165, 1.54) is 4.70 Å². The van der Waals surface area contributed by atoms with Crippen molar-refractivity contribution in [2.75, 3.05) is 19.0 Å². The van der Waals surface area contributed by atoms with Crippen molar-refractivity contribution in [3.8, 4) is 5.75 Å². The fourth-order valence-corrected chi connectivity index (χ4v) is 4.73. The van der Waals surface area contributed by atoms with Gasteiger partial charge in [-0.15, -0.1) is 11.3 Å². The number of aryl methyl sites for hydroxylation is 1. The molecule has 4 rings (SSSR count). The number of anilines is 1. The number of urea groups is 1. The number of carbonyl (C=O) groups is 1. The highest BCUT2D eigenvalue weighted by Gasteiger charge is 2.30. The summed E-state index contributed by atoms with van der Waals surface area (Å²) in [6.45, 7) is 2.72. The number of hydrogen-bond acceptors (Lipinski definition) is 4. The van der Waals surface area contributed by atoms with Gasteiger partial charge in [-0.2, -0.15) is 0 Å². The number of para-hydroxylation sites is 1. The molecule has 1 N–H and O–H groups in total. The van der Waals surface area contributed by atoms with Crippen molar-refractivity contribution in [2.45, 2.75) is 32.2 Å². The number of piperidine rings is 1. The predicted octanol–water partition coefficient (Wildman–Crippen LogP) is 5.37. The number of methoxy groups -OCH3 is 1. The summed E-state index contributed by atoms with van der Waals surface area (Å²) in [5, 5.41) is 4.07. The summed E-state index contributed by atoms with van der Waals surface area (Å²) in [7, 11) is 1.65. The van der Waals surface area contributed by atoms with E-state index < -0.39 is 0 Å². The lowest BCUT2D eigenvalue weighted by Crippen LogP contribution is -2.41. The first kappa shape index (κ1) is 17.8. The van der Waals surface area contributed by atoms with Gasteiger partial charge in [-0.3, -0.25) is 0 Å². The number of carbonyl (C=O) groups excluding carboxylic acids is 1. The quantitative estimate of drug-likeness (QED) is 0.663. The van der Waals surface area contributed by atoms with Crippen LogP contribution in [0.15, 0.2) is 42.5 Å². The molecular weight excluding hydrogens is 358 g/mol. The molecule has 1 fully saturated rings. The number of amides is 2. The second-order valence-corrected chi connectivity index (χ2v) is 7.90. The number of hydrogen-bond donors (Lipinski definition) is 1. The largest absolute Gasteiger partial charge is 0.496 e. The van der Waals surface area contributed by atoms with Crippen LogP contribution in [0.4, 0.5) is 10.5 Å². The molecule has 1 unspecified atom stereocenters. The molecule has 27 heavy (non-hydrogen) atoms. The highest BCUT2D eigenvalue weighted by atomic mass is 32.1. The topological polar surface area (TPSA) is 54.5 Å². The van der Waals surface area contributed by atoms with E-state index in [-0.39, 0.29) is 12.1 Å². The third-order valence-electron chi connectivity index (χ3n) is 5.01. The fourth-order valence-electron chi connectivity index (χ4n) is 3.62. The Morgan fingerprint density at radius 1 is 1.26 bits per heavy atom. The number of benzene rings is 2. The van der Waals surface area contributed by atoms with E-state index in [0.29, 0.717) is 0 Å². The Balaban J connectivity index is 1.56. The summed E-state index contributed by atoms with van der Waals surface area (Å²) in [5.74, 6) is 0.818. The van der Waals surface area contributed by atoms with Gasteiger partial charge >= 0.3 is 6.03 Å². The first-order chi connectivity index (χ1) is 13.2. The molecule has 0 aliphatic carbocycles. The molecule has 6 heteroatoms. The molecule has 1 aliphatic rings. The third-order valence-corrected chi connectivity index (χ3v) is 6.14. The maximum absolute atomic E-state index is 13.0. The van der Waals surface area contributed by atoms with Crippen molar-refractivity contribution in [1.82, 2.24) is 9.88 Å². The number of fused-ring (bicyclic) bond motifs is 1. The van der Waals surface area contributed by atoms with Crippen LogP contribution >= 0.6 is 11.3 Å². The fraction of sp³-hybridized carbons (Fsp3) is 0.333. The molecule has 1 aromatic heterocycles. The van der Waals surface area contributed by atoms with Gasteiger partial charge in [-0.05, 0) is 62.1 Å². The number of likely N-dealkylation sites (tertiary alicyclic amines) is 1. The van der Waals surface area contributed by atoms with Crippen LogP contribution in [0.1, 0.15) is 35.9 Å². The molecule has 0 bridgehead atoms. The van der Waals surface area contributed by atoms with Crippen molar-refractivity contribution in [3.05, 3.63) is 53.0 Å². The third kappa shape index (κ3) is 3.62. The Hall–Kier alpha value is -2.60. The van der Waals surface area contributed by atoms with Crippen molar-refractivity contribution in [3.63, 3.8) is 0 Å². The molecule has 1 saturated heterocycles. The zero-order valence-electron chi connectivity index (χ0n) is 15.6. The molecule has 5 nitrogen and oxygen atoms in total. The molecule has 1 atom stereocenters. The minimum Gasteiger partial charge on any atom is -0.496 e. The Kier molecular flexibility index (Phi) is 4.99. The van der Waals surface area contributed by atoms with Gasteiger partial charge < -0.3 is 15.0 Å². The van der Waals surface area contributed by atoms with Gasteiger partial charge in [0.1, 0.15) is 10.8 Å². The zero-order valence-corrected chi connectivity index (χ0v) is 16.4. The van der Waals surface area contributed by atoms with E-state index in [0.717, 1.165) is 53.3 Å². The number of ether oxygens (including phenoxy) is 1. The number of nitrogens with one attached hydrogen (secondary N) is 1. The maximum atomic E-state index is 13.0. The van der Waals surface area contributed by atoms with Crippen LogP contribution in [0.3, 0.4) is 0 Å². The minimum atomic E-state index is -0.0662. The van der Waals surface area contributed by atoms with Crippen molar-refractivity contribution >= 4 is 33.3 Å². The van der Waals surface area contributed by atoms with E-state index in [1.807, 2.05) is 48.2 Å². The van der Waals surface area contributed by atoms with Crippen LogP contribution < -0.4 is 10.1 Å². The van der Waals surface area contributed by atoms with Gasteiger partial charge in [0.15, 0.2) is 0 Å². The Morgan fingerprint density at radius 3 is 2.89 bits per heavy atom. The molecular formula is C21H23N3O2S. The maximum Gasteiger partial charge on any atom is 0.322 e. The predicted molar refractivity (Wildman–Crippen MR) is 110 cm³/mol. The number of nitrogens with zero attached hydrogens (tertiary/aromatic N) is 2. The van der Waals surface area contributed by atoms with Crippen molar-refractivity contribution in [1.29, 1.82) is 0 Å². The summed E-state index contributed by atoms with van der Waals surface area (Å²) >= 11 is 1.69. The van der Waals surface area contributed by atoms with Gasteiger partial charge in [-0.25, -0.2) is 9.78 Å². The standard InChI is InChI=1S/C21H23N3O2S/c1-14-13-15(10-11-18(14)26-2)22-21(25)24-12-6-5-8-17(24)20-23-16-7-3-4-9-19(16)27-20/h3-4,7,9-11,13,17H,5-6,8,12H2,1-2H3,(H,22,25). The Labute approximate surface area is 163 Å². The molecule has 3 aromatic rings. The van der Waals surface area contributed by atoms with Gasteiger partial charge in [-0.1, -0.05) is 12.1 Å². The number of rotatable bonds is 3. The second kappa shape index (κ2) is 7.56. The molecule has 2 amide bonds. The molecule has 1 aliphatic heterocycles. The average Bonchev–Trinajstić information content (AvgIpc) is 3.12. The first-order valence-electron chi connectivity index (χ1n) is 9.23. The van der Waals surface area contributed by atoms with E-state index in [4.69, 9.17) is 9.72 Å². The molecule has 0 saturated carbocycles. The zero-order chi connectivity index (χ0) is 18.8. The lowest BCUT2D eigenvalue weighted by Gasteiger charge is -2.34. The SMILES string of the molecule is COc1ccc(NC(=O)N2CCCCC2c2nc3ccccc3s2)cc1C. The monoisotopic (exact) mass is 381 g/mol. The van der Waals surface area contributed by atoms with Crippen LogP contribution in [-0.4, -0.2) is 29.6 Å². The number of aromatic nitrogens is 1. The summed E-state index contributed by atoms with van der Waals surface area (Å²) in [6, 6.07) is 13.8. The van der Waals surface area contributed by atoms with E-state index in [2.05, 4.69) is 11.4 Å². The van der Waals surface area contributed by atoms with Gasteiger partial charge in [0, 0.05) is 12.2 Å². The highest BCUT2D eigenvalue weighted by molar-refractivity contribution is 7.18. The molecule has 0 radical (unpaired) electrons. The van der Waals surface area contributed by atoms with Gasteiger partial charge in [0.2, 0.25) is 0 Å². The van der Waals surface area contributed by atoms with Crippen LogP contribution in [0.2, 0.25) is 0 Å². The average molecular weight is 382 g/mol. The molecule has 140 valence electrons. The smallest absolute Gasteiger partial charge is 0.322 e.